The summed E-state index contributed by atoms with van der Waals surface area (Å²) in [6.07, 6.45) is -3.91. The minimum Gasteiger partial charge on any atom is -0.406 e. The smallest absolute Gasteiger partial charge is 0.406 e. The lowest BCUT2D eigenvalue weighted by Crippen LogP contribution is -2.27. The van der Waals surface area contributed by atoms with Crippen LogP contribution in [-0.4, -0.2) is 12.1 Å². The van der Waals surface area contributed by atoms with Gasteiger partial charge in [0.2, 0.25) is 0 Å². The first-order valence-electron chi connectivity index (χ1n) is 10.8. The number of carbonyl (C=O) groups is 1. The van der Waals surface area contributed by atoms with Gasteiger partial charge in [0.05, 0.1) is 17.4 Å². The molecule has 2 unspecified atom stereocenters. The Bertz CT molecular complexity index is 1270. The van der Waals surface area contributed by atoms with E-state index in [0.29, 0.717) is 22.6 Å². The van der Waals surface area contributed by atoms with E-state index in [-0.39, 0.29) is 23.9 Å². The number of hydrogen-bond donors (Lipinski definition) is 2. The summed E-state index contributed by atoms with van der Waals surface area (Å²) < 4.78 is 41.8. The molecule has 0 saturated carbocycles. The van der Waals surface area contributed by atoms with Crippen LogP contribution in [-0.2, 0) is 4.79 Å². The quantitative estimate of drug-likeness (QED) is 0.412. The normalized spacial score (nSPS) is 19.9. The largest absolute Gasteiger partial charge is 0.573 e. The lowest BCUT2D eigenvalue weighted by atomic mass is 9.78. The van der Waals surface area contributed by atoms with Crippen LogP contribution in [0.25, 0.3) is 0 Å². The molecule has 0 bridgehead atoms. The number of Topliss-reactive ketones (excluding diaryl/α,β-unsaturated/α-hetero) is 1. The van der Waals surface area contributed by atoms with Crippen molar-refractivity contribution in [2.24, 2.45) is 0 Å². The van der Waals surface area contributed by atoms with Gasteiger partial charge in [-0.3, -0.25) is 4.79 Å². The van der Waals surface area contributed by atoms with Crippen molar-refractivity contribution in [3.8, 4) is 5.75 Å². The topological polar surface area (TPSA) is 50.4 Å². The summed E-state index contributed by atoms with van der Waals surface area (Å²) >= 11 is 6.43. The Balaban J connectivity index is 1.55. The van der Waals surface area contributed by atoms with Crippen LogP contribution in [0, 0.1) is 0 Å². The maximum Gasteiger partial charge on any atom is 0.573 e. The molecule has 8 heteroatoms. The molecule has 0 radical (unpaired) electrons. The molecule has 2 aliphatic rings. The van der Waals surface area contributed by atoms with E-state index >= 15 is 0 Å². The summed E-state index contributed by atoms with van der Waals surface area (Å²) in [6, 6.07) is 20.2. The van der Waals surface area contributed by atoms with Gasteiger partial charge in [-0.2, -0.15) is 0 Å². The molecule has 0 saturated heterocycles. The zero-order chi connectivity index (χ0) is 23.9. The number of rotatable bonds is 3. The van der Waals surface area contributed by atoms with Crippen molar-refractivity contribution in [1.29, 1.82) is 0 Å². The van der Waals surface area contributed by atoms with Crippen LogP contribution in [0.4, 0.5) is 24.5 Å². The Morgan fingerprint density at radius 2 is 1.56 bits per heavy atom. The number of ketones is 1. The van der Waals surface area contributed by atoms with Gasteiger partial charge in [0.15, 0.2) is 5.78 Å². The van der Waals surface area contributed by atoms with Crippen molar-refractivity contribution in [3.63, 3.8) is 0 Å². The lowest BCUT2D eigenvalue weighted by Gasteiger charge is -2.30. The van der Waals surface area contributed by atoms with Gasteiger partial charge in [-0.15, -0.1) is 13.2 Å². The summed E-state index contributed by atoms with van der Waals surface area (Å²) in [5, 5.41) is 7.46. The van der Waals surface area contributed by atoms with Gasteiger partial charge < -0.3 is 15.4 Å². The fourth-order valence-corrected chi connectivity index (χ4v) is 4.92. The van der Waals surface area contributed by atoms with Gasteiger partial charge in [-0.05, 0) is 53.8 Å². The zero-order valence-electron chi connectivity index (χ0n) is 17.8. The Hall–Kier alpha value is -3.45. The second-order valence-corrected chi connectivity index (χ2v) is 8.71. The number of allylic oxidation sites excluding steroid dienone is 1. The molecule has 1 aliphatic carbocycles. The molecule has 1 heterocycles. The molecule has 4 nitrogen and oxygen atoms in total. The molecule has 2 atom stereocenters. The molecule has 1 aliphatic heterocycles. The van der Waals surface area contributed by atoms with Crippen LogP contribution in [0.3, 0.4) is 0 Å². The number of carbonyl (C=O) groups excluding carboxylic acids is 1. The highest BCUT2D eigenvalue weighted by Gasteiger charge is 2.37. The van der Waals surface area contributed by atoms with Crippen LogP contribution in [0.1, 0.15) is 35.9 Å². The van der Waals surface area contributed by atoms with Crippen LogP contribution in [0.2, 0.25) is 5.02 Å². The Morgan fingerprint density at radius 3 is 2.26 bits per heavy atom. The summed E-state index contributed by atoms with van der Waals surface area (Å²) in [4.78, 5) is 13.5. The molecule has 0 fully saturated rings. The van der Waals surface area contributed by atoms with E-state index in [4.69, 9.17) is 11.6 Å². The van der Waals surface area contributed by atoms with Gasteiger partial charge in [0.1, 0.15) is 5.75 Å². The van der Waals surface area contributed by atoms with E-state index in [1.165, 1.54) is 12.1 Å². The number of nitrogens with one attached hydrogen (secondary N) is 2. The Kier molecular flexibility index (Phi) is 5.73. The van der Waals surface area contributed by atoms with Gasteiger partial charge in [0, 0.05) is 22.7 Å². The van der Waals surface area contributed by atoms with Gasteiger partial charge in [0.25, 0.3) is 0 Å². The van der Waals surface area contributed by atoms with Crippen molar-refractivity contribution < 1.29 is 22.7 Å². The van der Waals surface area contributed by atoms with Crippen LogP contribution in [0.15, 0.2) is 84.1 Å². The predicted octanol–water partition coefficient (Wildman–Crippen LogP) is 7.22. The van der Waals surface area contributed by atoms with Gasteiger partial charge in [-0.25, -0.2) is 0 Å². The van der Waals surface area contributed by atoms with E-state index < -0.39 is 12.4 Å². The SMILES string of the molecule is O=C1CC(c2ccccc2Cl)CC2=C1C(c1ccc(OC(F)(F)F)cc1)Nc1ccccc1N2. The molecule has 5 rings (SSSR count). The maximum absolute atomic E-state index is 13.5. The molecule has 3 aromatic carbocycles. The first-order chi connectivity index (χ1) is 16.3. The number of ether oxygens (including phenoxy) is 1. The molecule has 2 N–H and O–H groups in total. The maximum atomic E-state index is 13.5. The average molecular weight is 485 g/mol. The van der Waals surface area contributed by atoms with Crippen molar-refractivity contribution in [2.75, 3.05) is 10.6 Å². The number of para-hydroxylation sites is 2. The Labute approximate surface area is 199 Å². The van der Waals surface area contributed by atoms with Gasteiger partial charge >= 0.3 is 6.36 Å². The van der Waals surface area contributed by atoms with Crippen molar-refractivity contribution in [1.82, 2.24) is 0 Å². The fourth-order valence-electron chi connectivity index (χ4n) is 4.63. The highest BCUT2D eigenvalue weighted by Crippen LogP contribution is 2.45. The van der Waals surface area contributed by atoms with E-state index in [9.17, 15) is 18.0 Å². The highest BCUT2D eigenvalue weighted by atomic mass is 35.5. The third kappa shape index (κ3) is 4.48. The van der Waals surface area contributed by atoms with Crippen molar-refractivity contribution in [2.45, 2.75) is 31.2 Å². The predicted molar refractivity (Wildman–Crippen MR) is 125 cm³/mol. The van der Waals surface area contributed by atoms with Crippen LogP contribution < -0.4 is 15.4 Å². The zero-order valence-corrected chi connectivity index (χ0v) is 18.6. The van der Waals surface area contributed by atoms with Crippen molar-refractivity contribution in [3.05, 3.63) is 100 Å². The minimum absolute atomic E-state index is 0.0420. The third-order valence-corrected chi connectivity index (χ3v) is 6.45. The standard InChI is InChI=1S/C26H20ClF3N2O2/c27-19-6-2-1-5-18(19)16-13-22-24(23(33)14-16)25(32-21-8-4-3-7-20(21)31-22)15-9-11-17(12-10-15)34-26(28,29)30/h1-12,16,25,31-32H,13-14H2. The molecular formula is C26H20ClF3N2O2. The molecule has 3 aromatic rings. The molecule has 0 spiro atoms. The summed E-state index contributed by atoms with van der Waals surface area (Å²) in [5.41, 5.74) is 4.54. The monoisotopic (exact) mass is 484 g/mol. The third-order valence-electron chi connectivity index (χ3n) is 6.10. The summed E-state index contributed by atoms with van der Waals surface area (Å²) in [5.74, 6) is -0.438. The summed E-state index contributed by atoms with van der Waals surface area (Å²) in [6.45, 7) is 0. The number of benzene rings is 3. The van der Waals surface area contributed by atoms with Crippen molar-refractivity contribution >= 4 is 28.8 Å². The molecule has 0 amide bonds. The first kappa shape index (κ1) is 22.3. The minimum atomic E-state index is -4.77. The van der Waals surface area contributed by atoms with E-state index in [0.717, 1.165) is 22.6 Å². The van der Waals surface area contributed by atoms with E-state index in [1.807, 2.05) is 48.5 Å². The van der Waals surface area contributed by atoms with Crippen LogP contribution in [0.5, 0.6) is 5.75 Å². The number of fused-ring (bicyclic) bond motifs is 1. The number of anilines is 2. The van der Waals surface area contributed by atoms with Gasteiger partial charge in [-0.1, -0.05) is 54.1 Å². The molecule has 34 heavy (non-hydrogen) atoms. The lowest BCUT2D eigenvalue weighted by molar-refractivity contribution is -0.274. The number of hydrogen-bond acceptors (Lipinski definition) is 4. The average Bonchev–Trinajstić information content (AvgIpc) is 2.96. The molecule has 174 valence electrons. The second kappa shape index (κ2) is 8.72. The second-order valence-electron chi connectivity index (χ2n) is 8.31. The fraction of sp³-hybridized carbons (Fsp3) is 0.192. The summed E-state index contributed by atoms with van der Waals surface area (Å²) in [7, 11) is 0. The van der Waals surface area contributed by atoms with Crippen LogP contribution >= 0.6 is 11.6 Å². The van der Waals surface area contributed by atoms with E-state index in [1.54, 1.807) is 12.1 Å². The number of alkyl halides is 3. The highest BCUT2D eigenvalue weighted by molar-refractivity contribution is 6.31. The van der Waals surface area contributed by atoms with E-state index in [2.05, 4.69) is 15.4 Å². The molecular weight excluding hydrogens is 465 g/mol. The number of halogens is 4. The Morgan fingerprint density at radius 1 is 0.882 bits per heavy atom. The molecule has 0 aromatic heterocycles. The first-order valence-corrected chi connectivity index (χ1v) is 11.2.